The third-order valence-corrected chi connectivity index (χ3v) is 5.63. The second kappa shape index (κ2) is 10.7. The van der Waals surface area contributed by atoms with E-state index >= 15 is 0 Å². The smallest absolute Gasteiger partial charge is 0.352 e. The average molecular weight is 431 g/mol. The summed E-state index contributed by atoms with van der Waals surface area (Å²) in [4.78, 5) is 28.7. The monoisotopic (exact) mass is 431 g/mol. The molecule has 0 spiro atoms. The summed E-state index contributed by atoms with van der Waals surface area (Å²) in [6, 6.07) is -0.671. The molecular formula is C16H26N5O7P. The molecule has 1 aromatic rings. The minimum Gasteiger partial charge on any atom is -0.352 e. The van der Waals surface area contributed by atoms with Crippen LogP contribution in [0.2, 0.25) is 0 Å². The Kier molecular flexibility index (Phi) is 8.63. The maximum Gasteiger partial charge on any atom is 0.474 e. The third-order valence-electron chi connectivity index (χ3n) is 4.16. The van der Waals surface area contributed by atoms with Crippen molar-refractivity contribution in [2.75, 3.05) is 19.8 Å². The van der Waals surface area contributed by atoms with Crippen molar-refractivity contribution in [2.24, 2.45) is 5.11 Å². The maximum absolute atomic E-state index is 12.7. The number of hydrogen-bond donors (Lipinski definition) is 1. The zero-order valence-electron chi connectivity index (χ0n) is 16.6. The molecule has 0 saturated carbocycles. The van der Waals surface area contributed by atoms with Gasteiger partial charge < -0.3 is 4.74 Å². The van der Waals surface area contributed by atoms with Crippen LogP contribution in [0.5, 0.6) is 0 Å². The first-order valence-electron chi connectivity index (χ1n) is 9.39. The zero-order valence-corrected chi connectivity index (χ0v) is 17.5. The summed E-state index contributed by atoms with van der Waals surface area (Å²) in [5.74, 6) is 0. The normalized spacial score (nSPS) is 21.8. The fourth-order valence-electron chi connectivity index (χ4n) is 2.71. The summed E-state index contributed by atoms with van der Waals surface area (Å²) in [6.07, 6.45) is 1.25. The molecule has 1 aromatic heterocycles. The number of H-pyrrole nitrogens is 1. The summed E-state index contributed by atoms with van der Waals surface area (Å²) in [6.45, 7) is 5.44. The fraction of sp³-hybridized carbons (Fsp3) is 0.750. The maximum atomic E-state index is 12.7. The predicted octanol–water partition coefficient (Wildman–Crippen LogP) is 2.79. The van der Waals surface area contributed by atoms with Crippen LogP contribution >= 0.6 is 7.82 Å². The molecule has 162 valence electrons. The lowest BCUT2D eigenvalue weighted by Gasteiger charge is -2.21. The summed E-state index contributed by atoms with van der Waals surface area (Å²) >= 11 is 0. The predicted molar refractivity (Wildman–Crippen MR) is 104 cm³/mol. The van der Waals surface area contributed by atoms with Gasteiger partial charge in [-0.2, -0.15) is 0 Å². The summed E-state index contributed by atoms with van der Waals surface area (Å²) in [7, 11) is -3.80. The number of azide groups is 1. The number of aromatic amines is 1. The first-order chi connectivity index (χ1) is 13.8. The molecule has 0 bridgehead atoms. The average Bonchev–Trinajstić information content (AvgIpc) is 3.09. The Bertz CT molecular complexity index is 882. The number of aryl methyl sites for hydroxylation is 1. The summed E-state index contributed by atoms with van der Waals surface area (Å²) < 4.78 is 35.7. The molecule has 1 aliphatic rings. The van der Waals surface area contributed by atoms with Gasteiger partial charge in [-0.05, 0) is 25.3 Å². The van der Waals surface area contributed by atoms with Gasteiger partial charge in [0, 0.05) is 23.1 Å². The number of nitrogens with zero attached hydrogens (tertiary/aromatic N) is 4. The van der Waals surface area contributed by atoms with Crippen LogP contribution < -0.4 is 11.2 Å². The van der Waals surface area contributed by atoms with Crippen molar-refractivity contribution in [2.45, 2.75) is 58.4 Å². The molecule has 0 unspecified atom stereocenters. The lowest BCUT2D eigenvalue weighted by Crippen LogP contribution is -2.33. The number of ether oxygens (including phenoxy) is 1. The van der Waals surface area contributed by atoms with Gasteiger partial charge in [0.25, 0.3) is 5.56 Å². The van der Waals surface area contributed by atoms with E-state index in [1.807, 2.05) is 13.8 Å². The molecule has 1 aliphatic heterocycles. The largest absolute Gasteiger partial charge is 0.474 e. The highest BCUT2D eigenvalue weighted by atomic mass is 31.2. The molecule has 29 heavy (non-hydrogen) atoms. The highest BCUT2D eigenvalue weighted by Crippen LogP contribution is 2.50. The molecule has 1 N–H and O–H groups in total. The van der Waals surface area contributed by atoms with Gasteiger partial charge in [0.2, 0.25) is 0 Å². The second-order valence-corrected chi connectivity index (χ2v) is 8.19. The lowest BCUT2D eigenvalue weighted by molar-refractivity contribution is -0.0303. The van der Waals surface area contributed by atoms with Gasteiger partial charge in [0.1, 0.15) is 6.23 Å². The molecule has 1 fully saturated rings. The van der Waals surface area contributed by atoms with E-state index in [9.17, 15) is 14.2 Å². The van der Waals surface area contributed by atoms with Crippen LogP contribution in [-0.2, 0) is 22.9 Å². The molecule has 2 heterocycles. The molecule has 0 aliphatic carbocycles. The van der Waals surface area contributed by atoms with Crippen LogP contribution in [0.25, 0.3) is 10.4 Å². The quantitative estimate of drug-likeness (QED) is 0.244. The van der Waals surface area contributed by atoms with E-state index in [2.05, 4.69) is 15.0 Å². The lowest BCUT2D eigenvalue weighted by atomic mass is 10.1. The minimum absolute atomic E-state index is 0.180. The minimum atomic E-state index is -3.80. The van der Waals surface area contributed by atoms with Crippen LogP contribution in [0.1, 0.15) is 44.9 Å². The number of phosphoric acid groups is 1. The number of aromatic nitrogens is 2. The molecule has 2 rings (SSSR count). The van der Waals surface area contributed by atoms with Gasteiger partial charge >= 0.3 is 13.5 Å². The Morgan fingerprint density at radius 1 is 1.31 bits per heavy atom. The van der Waals surface area contributed by atoms with Crippen LogP contribution in [-0.4, -0.2) is 41.5 Å². The van der Waals surface area contributed by atoms with E-state index in [0.29, 0.717) is 18.4 Å². The Morgan fingerprint density at radius 3 is 2.55 bits per heavy atom. The van der Waals surface area contributed by atoms with Crippen molar-refractivity contribution < 1.29 is 22.9 Å². The van der Waals surface area contributed by atoms with Crippen LogP contribution in [0.4, 0.5) is 0 Å². The van der Waals surface area contributed by atoms with E-state index in [1.165, 1.54) is 10.8 Å². The van der Waals surface area contributed by atoms with Crippen LogP contribution in [0.3, 0.4) is 0 Å². The van der Waals surface area contributed by atoms with E-state index in [4.69, 9.17) is 23.8 Å². The van der Waals surface area contributed by atoms with Crippen molar-refractivity contribution in [1.29, 1.82) is 0 Å². The van der Waals surface area contributed by atoms with Gasteiger partial charge in [0.15, 0.2) is 0 Å². The number of rotatable bonds is 11. The molecule has 1 saturated heterocycles. The highest BCUT2D eigenvalue weighted by Gasteiger charge is 2.39. The van der Waals surface area contributed by atoms with Gasteiger partial charge in [0.05, 0.1) is 32.0 Å². The first-order valence-corrected chi connectivity index (χ1v) is 10.8. The van der Waals surface area contributed by atoms with E-state index in [-0.39, 0.29) is 26.2 Å². The number of hydrogen-bond acceptors (Lipinski definition) is 8. The van der Waals surface area contributed by atoms with E-state index in [0.717, 1.165) is 0 Å². The molecule has 0 aromatic carbocycles. The summed E-state index contributed by atoms with van der Waals surface area (Å²) in [5.41, 5.74) is 8.04. The Hall–Kier alpha value is -1.94. The van der Waals surface area contributed by atoms with Crippen molar-refractivity contribution in [1.82, 2.24) is 9.55 Å². The molecule has 12 nitrogen and oxygen atoms in total. The van der Waals surface area contributed by atoms with Crippen molar-refractivity contribution in [3.63, 3.8) is 0 Å². The molecule has 3 atom stereocenters. The van der Waals surface area contributed by atoms with Gasteiger partial charge in [-0.3, -0.25) is 27.9 Å². The Balaban J connectivity index is 2.15. The standard InChI is InChI=1S/C16H26N5O7P/c1-4-6-25-29(24,26-7-5-2)27-10-13-12(19-20-17)8-14(28-13)21-9-11(3)15(22)18-16(21)23/h9,12-14H,4-8,10H2,1-3H3,(H,18,22,23)/t12-,13+,14+/m0/s1. The van der Waals surface area contributed by atoms with Gasteiger partial charge in [-0.1, -0.05) is 19.0 Å². The first kappa shape index (κ1) is 23.3. The highest BCUT2D eigenvalue weighted by molar-refractivity contribution is 7.48. The number of phosphoric ester groups is 1. The van der Waals surface area contributed by atoms with E-state index < -0.39 is 37.4 Å². The molecular weight excluding hydrogens is 405 g/mol. The SMILES string of the molecule is CCCOP(=O)(OCCC)OC[C@H]1O[C@@H](n2cc(C)c(=O)[nH]c2=O)C[C@@H]1N=[N+]=[N-]. The van der Waals surface area contributed by atoms with Crippen molar-refractivity contribution >= 4 is 7.82 Å². The Labute approximate surface area is 167 Å². The van der Waals surface area contributed by atoms with Gasteiger partial charge in [-0.15, -0.1) is 0 Å². The van der Waals surface area contributed by atoms with Crippen molar-refractivity contribution in [3.8, 4) is 0 Å². The topological polar surface area (TPSA) is 158 Å². The fourth-order valence-corrected chi connectivity index (χ4v) is 4.07. The second-order valence-electron chi connectivity index (χ2n) is 6.53. The molecule has 13 heteroatoms. The van der Waals surface area contributed by atoms with Crippen LogP contribution in [0, 0.1) is 6.92 Å². The molecule has 0 amide bonds. The Morgan fingerprint density at radius 2 is 1.97 bits per heavy atom. The number of nitrogens with one attached hydrogen (secondary N) is 1. The van der Waals surface area contributed by atoms with E-state index in [1.54, 1.807) is 6.92 Å². The van der Waals surface area contributed by atoms with Gasteiger partial charge in [-0.25, -0.2) is 9.36 Å². The third kappa shape index (κ3) is 6.27. The van der Waals surface area contributed by atoms with Crippen LogP contribution in [0.15, 0.2) is 20.9 Å². The zero-order chi connectivity index (χ0) is 21.4. The summed E-state index contributed by atoms with van der Waals surface area (Å²) in [5, 5.41) is 3.69. The van der Waals surface area contributed by atoms with Crippen molar-refractivity contribution in [3.05, 3.63) is 43.0 Å². The molecule has 0 radical (unpaired) electrons.